The van der Waals surface area contributed by atoms with Crippen LogP contribution in [-0.4, -0.2) is 9.97 Å². The molecule has 0 saturated heterocycles. The number of aromatic nitrogens is 2. The van der Waals surface area contributed by atoms with Crippen molar-refractivity contribution < 1.29 is 0 Å². The first kappa shape index (κ1) is 29.5. The summed E-state index contributed by atoms with van der Waals surface area (Å²) in [6.07, 6.45) is 0. The van der Waals surface area contributed by atoms with Crippen molar-refractivity contribution in [2.45, 2.75) is 0 Å². The van der Waals surface area contributed by atoms with Gasteiger partial charge >= 0.3 is 0 Å². The van der Waals surface area contributed by atoms with Gasteiger partial charge in [0.25, 0.3) is 0 Å². The maximum Gasteiger partial charge on any atom is 0.0715 e. The molecule has 0 amide bonds. The van der Waals surface area contributed by atoms with E-state index < -0.39 is 0 Å². The monoisotopic (exact) mass is 636 g/mol. The van der Waals surface area contributed by atoms with Gasteiger partial charge in [0, 0.05) is 22.3 Å². The lowest BCUT2D eigenvalue weighted by atomic mass is 9.94. The van der Waals surface area contributed by atoms with Crippen LogP contribution in [0, 0.1) is 0 Å². The predicted octanol–water partition coefficient (Wildman–Crippen LogP) is 12.8. The summed E-state index contributed by atoms with van der Waals surface area (Å²) in [7, 11) is 0. The van der Waals surface area contributed by atoms with Crippen molar-refractivity contribution in [3.8, 4) is 67.3 Å². The maximum atomic E-state index is 5.26. The summed E-state index contributed by atoms with van der Waals surface area (Å²) in [5.74, 6) is 0. The van der Waals surface area contributed by atoms with Gasteiger partial charge in [0.2, 0.25) is 0 Å². The highest BCUT2D eigenvalue weighted by atomic mass is 14.7. The largest absolute Gasteiger partial charge is 0.248 e. The Morgan fingerprint density at radius 1 is 0.240 bits per heavy atom. The molecule has 0 bridgehead atoms. The van der Waals surface area contributed by atoms with Gasteiger partial charge in [0.15, 0.2) is 0 Å². The Hall–Kier alpha value is -6.64. The van der Waals surface area contributed by atoms with Crippen molar-refractivity contribution in [3.05, 3.63) is 194 Å². The van der Waals surface area contributed by atoms with E-state index in [0.717, 1.165) is 56.2 Å². The van der Waals surface area contributed by atoms with Gasteiger partial charge in [0.05, 0.1) is 22.8 Å². The molecule has 0 radical (unpaired) electrons. The molecule has 0 N–H and O–H groups in total. The zero-order valence-corrected chi connectivity index (χ0v) is 27.4. The number of rotatable bonds is 6. The summed E-state index contributed by atoms with van der Waals surface area (Å²) in [6.45, 7) is 0. The third-order valence-electron chi connectivity index (χ3n) is 9.45. The summed E-state index contributed by atoms with van der Waals surface area (Å²) in [6, 6.07) is 68.6. The van der Waals surface area contributed by atoms with Gasteiger partial charge in [-0.2, -0.15) is 0 Å². The average molecular weight is 637 g/mol. The molecule has 2 heteroatoms. The van der Waals surface area contributed by atoms with Crippen molar-refractivity contribution in [2.75, 3.05) is 0 Å². The Labute approximate surface area is 292 Å². The van der Waals surface area contributed by atoms with E-state index >= 15 is 0 Å². The molecule has 2 heterocycles. The molecule has 9 aromatic rings. The fourth-order valence-electron chi connectivity index (χ4n) is 6.97. The Bertz CT molecular complexity index is 2450. The molecule has 0 spiro atoms. The summed E-state index contributed by atoms with van der Waals surface area (Å²) < 4.78 is 0. The van der Waals surface area contributed by atoms with Gasteiger partial charge in [-0.1, -0.05) is 164 Å². The van der Waals surface area contributed by atoms with E-state index in [4.69, 9.17) is 9.97 Å². The van der Waals surface area contributed by atoms with E-state index in [2.05, 4.69) is 182 Å². The molecule has 0 unspecified atom stereocenters. The first-order valence-corrected chi connectivity index (χ1v) is 17.0. The second-order valence-electron chi connectivity index (χ2n) is 12.6. The topological polar surface area (TPSA) is 25.8 Å². The minimum Gasteiger partial charge on any atom is -0.248 e. The van der Waals surface area contributed by atoms with Crippen LogP contribution in [0.1, 0.15) is 0 Å². The first-order chi connectivity index (χ1) is 24.8. The number of hydrogen-bond acceptors (Lipinski definition) is 2. The van der Waals surface area contributed by atoms with Crippen LogP contribution in [0.15, 0.2) is 194 Å². The third kappa shape index (κ3) is 5.63. The minimum atomic E-state index is 0.921. The van der Waals surface area contributed by atoms with Crippen LogP contribution < -0.4 is 0 Å². The second kappa shape index (κ2) is 12.8. The quantitative estimate of drug-likeness (QED) is 0.181. The molecule has 2 aromatic heterocycles. The van der Waals surface area contributed by atoms with Gasteiger partial charge < -0.3 is 0 Å². The average Bonchev–Trinajstić information content (AvgIpc) is 3.21. The molecule has 2 nitrogen and oxygen atoms in total. The van der Waals surface area contributed by atoms with Crippen LogP contribution in [0.3, 0.4) is 0 Å². The molecule has 0 aliphatic heterocycles. The normalized spacial score (nSPS) is 11.2. The standard InChI is InChI=1S/C48H32N2/c1-3-16-35(17-4-1)45-29-39(43-26-12-20-33-14-7-9-24-41(33)43)31-47(49-45)37-22-11-23-38(28-37)48-32-40(30-46(50-48)36-18-5-2-6-19-36)44-27-13-21-34-15-8-10-25-42(34)44/h1-32H. The number of benzene rings is 7. The van der Waals surface area contributed by atoms with Crippen LogP contribution in [-0.2, 0) is 0 Å². The molecule has 50 heavy (non-hydrogen) atoms. The molecule has 0 fully saturated rings. The number of fused-ring (bicyclic) bond motifs is 2. The lowest BCUT2D eigenvalue weighted by Crippen LogP contribution is -1.94. The Morgan fingerprint density at radius 3 is 1.04 bits per heavy atom. The molecular formula is C48H32N2. The predicted molar refractivity (Wildman–Crippen MR) is 210 cm³/mol. The number of hydrogen-bond donors (Lipinski definition) is 0. The van der Waals surface area contributed by atoms with E-state index in [1.54, 1.807) is 0 Å². The summed E-state index contributed by atoms with van der Waals surface area (Å²) >= 11 is 0. The third-order valence-corrected chi connectivity index (χ3v) is 9.45. The summed E-state index contributed by atoms with van der Waals surface area (Å²) in [5.41, 5.74) is 12.6. The molecule has 0 aliphatic carbocycles. The van der Waals surface area contributed by atoms with Crippen molar-refractivity contribution in [3.63, 3.8) is 0 Å². The molecule has 234 valence electrons. The smallest absolute Gasteiger partial charge is 0.0715 e. The molecule has 7 aromatic carbocycles. The van der Waals surface area contributed by atoms with Crippen molar-refractivity contribution >= 4 is 21.5 Å². The first-order valence-electron chi connectivity index (χ1n) is 17.0. The van der Waals surface area contributed by atoms with E-state index in [-0.39, 0.29) is 0 Å². The Morgan fingerprint density at radius 2 is 0.580 bits per heavy atom. The lowest BCUT2D eigenvalue weighted by Gasteiger charge is -2.14. The summed E-state index contributed by atoms with van der Waals surface area (Å²) in [5, 5.41) is 4.89. The van der Waals surface area contributed by atoms with Crippen LogP contribution in [0.2, 0.25) is 0 Å². The number of nitrogens with zero attached hydrogens (tertiary/aromatic N) is 2. The zero-order valence-electron chi connectivity index (χ0n) is 27.4. The van der Waals surface area contributed by atoms with Crippen molar-refractivity contribution in [1.29, 1.82) is 0 Å². The van der Waals surface area contributed by atoms with Gasteiger partial charge in [0.1, 0.15) is 0 Å². The number of pyridine rings is 2. The highest BCUT2D eigenvalue weighted by Crippen LogP contribution is 2.37. The van der Waals surface area contributed by atoms with Crippen LogP contribution in [0.25, 0.3) is 88.8 Å². The molecule has 0 atom stereocenters. The summed E-state index contributed by atoms with van der Waals surface area (Å²) in [4.78, 5) is 10.5. The van der Waals surface area contributed by atoms with Gasteiger partial charge in [-0.25, -0.2) is 9.97 Å². The van der Waals surface area contributed by atoms with Gasteiger partial charge in [-0.05, 0) is 74.1 Å². The fourth-order valence-corrected chi connectivity index (χ4v) is 6.97. The van der Waals surface area contributed by atoms with E-state index in [0.29, 0.717) is 0 Å². The second-order valence-corrected chi connectivity index (χ2v) is 12.6. The molecule has 0 aliphatic rings. The van der Waals surface area contributed by atoms with Crippen molar-refractivity contribution in [2.24, 2.45) is 0 Å². The highest BCUT2D eigenvalue weighted by molar-refractivity contribution is 5.99. The van der Waals surface area contributed by atoms with Crippen LogP contribution >= 0.6 is 0 Å². The minimum absolute atomic E-state index is 0.921. The van der Waals surface area contributed by atoms with E-state index in [9.17, 15) is 0 Å². The maximum absolute atomic E-state index is 5.26. The fraction of sp³-hybridized carbons (Fsp3) is 0. The van der Waals surface area contributed by atoms with Crippen molar-refractivity contribution in [1.82, 2.24) is 9.97 Å². The lowest BCUT2D eigenvalue weighted by molar-refractivity contribution is 1.31. The van der Waals surface area contributed by atoms with E-state index in [1.807, 2.05) is 12.1 Å². The highest BCUT2D eigenvalue weighted by Gasteiger charge is 2.14. The Balaban J connectivity index is 1.22. The molecule has 0 saturated carbocycles. The van der Waals surface area contributed by atoms with E-state index in [1.165, 1.54) is 32.7 Å². The molecule has 9 rings (SSSR count). The van der Waals surface area contributed by atoms with Crippen LogP contribution in [0.4, 0.5) is 0 Å². The van der Waals surface area contributed by atoms with Crippen LogP contribution in [0.5, 0.6) is 0 Å². The zero-order chi connectivity index (χ0) is 33.3. The molecular weight excluding hydrogens is 605 g/mol. The van der Waals surface area contributed by atoms with Gasteiger partial charge in [-0.15, -0.1) is 0 Å². The Kier molecular flexibility index (Phi) is 7.53. The van der Waals surface area contributed by atoms with Gasteiger partial charge in [-0.3, -0.25) is 0 Å². The SMILES string of the molecule is c1ccc(-c2cc(-c3cccc4ccccc34)cc(-c3cccc(-c4cc(-c5cccc6ccccc56)cc(-c5ccccc5)n4)c3)n2)cc1.